The van der Waals surface area contributed by atoms with Crippen LogP contribution in [0.15, 0.2) is 0 Å². The Kier molecular flexibility index (Phi) is 45.1. The standard InChI is InChI=1S/2C9H24N4.C8H20N2.C5H14N2.C3H9N.CH4/c1-10(2)7-12(5)9-13(6)8-11(3)4;1-10(2)7-13(8-11(3)4)9-12(5)6;1-7(2)8(9(3)4)10(5)6;1-6(2)5-7(3)4;1-4(2)3;/h2*7-9H2,1-6H3;7-8H,1-6H3;5H2,1-4H3;1-3H3;1H4. The van der Waals surface area contributed by atoms with Gasteiger partial charge in [0.15, 0.2) is 0 Å². The SMILES string of the molecule is C.CC(C)C(N(C)C)N(C)C.CN(C)C.CN(C)CN(C)C.CN(C)CN(C)CN(C)CN(C)C.CN(C)CN(CN(C)C)CN(C)C. The van der Waals surface area contributed by atoms with E-state index >= 15 is 0 Å². The molecule has 300 valence electrons. The highest BCUT2D eigenvalue weighted by atomic mass is 15.4. The molecule has 0 N–H and O–H groups in total. The summed E-state index contributed by atoms with van der Waals surface area (Å²) in [6.45, 7) is 11.5. The maximum Gasteiger partial charge on any atom is 0.0636 e. The van der Waals surface area contributed by atoms with Crippen LogP contribution in [-0.2, 0) is 0 Å². The highest BCUT2D eigenvalue weighted by Crippen LogP contribution is 2.08. The topological polar surface area (TPSA) is 42.1 Å². The van der Waals surface area contributed by atoms with Gasteiger partial charge in [0.1, 0.15) is 0 Å². The predicted molar refractivity (Wildman–Crippen MR) is 220 cm³/mol. The van der Waals surface area contributed by atoms with Crippen LogP contribution in [0.3, 0.4) is 0 Å². The fraction of sp³-hybridized carbons (Fsp3) is 1.00. The third-order valence-electron chi connectivity index (χ3n) is 5.20. The van der Waals surface area contributed by atoms with Crippen LogP contribution in [0, 0.1) is 5.92 Å². The molecule has 0 saturated heterocycles. The van der Waals surface area contributed by atoms with Crippen molar-refractivity contribution in [3.8, 4) is 0 Å². The summed E-state index contributed by atoms with van der Waals surface area (Å²) in [6, 6.07) is 0. The molecule has 0 amide bonds. The summed E-state index contributed by atoms with van der Waals surface area (Å²) in [7, 11) is 47.9. The molecular weight excluding hydrogens is 602 g/mol. The monoisotopic (exact) mass is 698 g/mol. The smallest absolute Gasteiger partial charge is 0.0636 e. The Morgan fingerprint density at radius 3 is 0.625 bits per heavy atom. The van der Waals surface area contributed by atoms with Gasteiger partial charge in [-0.3, -0.25) is 58.8 Å². The van der Waals surface area contributed by atoms with Gasteiger partial charge < -0.3 is 4.90 Å². The summed E-state index contributed by atoms with van der Waals surface area (Å²) < 4.78 is 0. The predicted octanol–water partition coefficient (Wildman–Crippen LogP) is 1.66. The van der Waals surface area contributed by atoms with Crippen molar-refractivity contribution in [1.82, 2.24) is 63.7 Å². The van der Waals surface area contributed by atoms with Gasteiger partial charge in [-0.15, -0.1) is 0 Å². The molecule has 13 nitrogen and oxygen atoms in total. The van der Waals surface area contributed by atoms with Crippen LogP contribution in [0.4, 0.5) is 0 Å². The number of rotatable bonds is 17. The molecule has 0 aromatic heterocycles. The van der Waals surface area contributed by atoms with E-state index in [2.05, 4.69) is 214 Å². The average molecular weight is 698 g/mol. The molecule has 0 rings (SSSR count). The van der Waals surface area contributed by atoms with Gasteiger partial charge in [-0.2, -0.15) is 0 Å². The lowest BCUT2D eigenvalue weighted by Crippen LogP contribution is -2.44. The Hall–Kier alpha value is -0.520. The van der Waals surface area contributed by atoms with E-state index in [0.717, 1.165) is 46.7 Å². The van der Waals surface area contributed by atoms with Crippen molar-refractivity contribution in [2.45, 2.75) is 27.4 Å². The Bertz CT molecular complexity index is 546. The van der Waals surface area contributed by atoms with Crippen LogP contribution in [0.25, 0.3) is 0 Å². The van der Waals surface area contributed by atoms with Crippen LogP contribution < -0.4 is 0 Å². The van der Waals surface area contributed by atoms with Gasteiger partial charge in [-0.25, -0.2) is 0 Å². The van der Waals surface area contributed by atoms with Crippen molar-refractivity contribution >= 4 is 0 Å². The quantitative estimate of drug-likeness (QED) is 0.208. The molecule has 0 aliphatic rings. The highest BCUT2D eigenvalue weighted by molar-refractivity contribution is 4.66. The summed E-state index contributed by atoms with van der Waals surface area (Å²) >= 11 is 0. The lowest BCUT2D eigenvalue weighted by molar-refractivity contribution is 0.0743. The summed E-state index contributed by atoms with van der Waals surface area (Å²) in [5, 5.41) is 0. The summed E-state index contributed by atoms with van der Waals surface area (Å²) in [5.74, 6) is 0.685. The number of hydrogen-bond acceptors (Lipinski definition) is 13. The molecule has 0 bridgehead atoms. The minimum atomic E-state index is 0. The van der Waals surface area contributed by atoms with Crippen LogP contribution in [-0.4, -0.2) is 279 Å². The molecule has 0 saturated carbocycles. The van der Waals surface area contributed by atoms with Gasteiger partial charge >= 0.3 is 0 Å². The minimum Gasteiger partial charge on any atom is -0.312 e. The second-order valence-corrected chi connectivity index (χ2v) is 15.9. The summed E-state index contributed by atoms with van der Waals surface area (Å²) in [6.07, 6.45) is 0.556. The maximum atomic E-state index is 2.38. The third kappa shape index (κ3) is 57.7. The van der Waals surface area contributed by atoms with E-state index < -0.39 is 0 Å². The molecule has 0 aromatic carbocycles. The molecule has 0 unspecified atom stereocenters. The molecule has 0 radical (unpaired) electrons. The molecule has 0 spiro atoms. The second kappa shape index (κ2) is 36.3. The first-order chi connectivity index (χ1) is 21.1. The zero-order chi connectivity index (χ0) is 38.6. The maximum absolute atomic E-state index is 2.38. The first-order valence-electron chi connectivity index (χ1n) is 16.7. The highest BCUT2D eigenvalue weighted by Gasteiger charge is 2.16. The summed E-state index contributed by atoms with van der Waals surface area (Å²) in [5.41, 5.74) is 0. The van der Waals surface area contributed by atoms with Gasteiger partial charge in [0.05, 0.1) is 46.2 Å². The molecule has 48 heavy (non-hydrogen) atoms. The zero-order valence-corrected chi connectivity index (χ0v) is 36.9. The van der Waals surface area contributed by atoms with Crippen LogP contribution >= 0.6 is 0 Å². The van der Waals surface area contributed by atoms with E-state index in [4.69, 9.17) is 0 Å². The fourth-order valence-corrected chi connectivity index (χ4v) is 5.02. The van der Waals surface area contributed by atoms with Crippen molar-refractivity contribution in [1.29, 1.82) is 0 Å². The third-order valence-corrected chi connectivity index (χ3v) is 5.20. The first-order valence-corrected chi connectivity index (χ1v) is 16.7. The van der Waals surface area contributed by atoms with Crippen LogP contribution in [0.2, 0.25) is 0 Å². The van der Waals surface area contributed by atoms with E-state index in [1.54, 1.807) is 0 Å². The molecule has 0 fully saturated rings. The fourth-order valence-electron chi connectivity index (χ4n) is 5.02. The first kappa shape index (κ1) is 59.6. The van der Waals surface area contributed by atoms with E-state index in [0.29, 0.717) is 12.1 Å². The molecule has 0 heterocycles. The molecule has 0 aromatic rings. The molecule has 0 aliphatic carbocycles. The van der Waals surface area contributed by atoms with Crippen LogP contribution in [0.5, 0.6) is 0 Å². The van der Waals surface area contributed by atoms with Gasteiger partial charge in [-0.1, -0.05) is 21.3 Å². The van der Waals surface area contributed by atoms with Crippen molar-refractivity contribution in [2.24, 2.45) is 5.92 Å². The molecular formula is C35H95N13. The Morgan fingerprint density at radius 2 is 0.521 bits per heavy atom. The second-order valence-electron chi connectivity index (χ2n) is 15.9. The van der Waals surface area contributed by atoms with Crippen molar-refractivity contribution in [2.75, 3.05) is 209 Å². The normalized spacial score (nSPS) is 11.8. The van der Waals surface area contributed by atoms with Crippen molar-refractivity contribution in [3.05, 3.63) is 0 Å². The van der Waals surface area contributed by atoms with E-state index in [9.17, 15) is 0 Å². The van der Waals surface area contributed by atoms with Crippen molar-refractivity contribution in [3.63, 3.8) is 0 Å². The number of nitrogens with zero attached hydrogens (tertiary/aromatic N) is 13. The Labute approximate surface area is 305 Å². The van der Waals surface area contributed by atoms with Gasteiger partial charge in [-0.05, 0) is 168 Å². The lowest BCUT2D eigenvalue weighted by atomic mass is 10.1. The Balaban J connectivity index is -0.000000119. The lowest BCUT2D eigenvalue weighted by Gasteiger charge is -2.33. The van der Waals surface area contributed by atoms with E-state index in [-0.39, 0.29) is 7.43 Å². The van der Waals surface area contributed by atoms with Gasteiger partial charge in [0.2, 0.25) is 0 Å². The van der Waals surface area contributed by atoms with Crippen molar-refractivity contribution < 1.29 is 0 Å². The van der Waals surface area contributed by atoms with E-state index in [1.807, 2.05) is 26.0 Å². The summed E-state index contributed by atoms with van der Waals surface area (Å²) in [4.78, 5) is 28.6. The molecule has 13 heteroatoms. The zero-order valence-electron chi connectivity index (χ0n) is 36.9. The molecule has 0 aliphatic heterocycles. The van der Waals surface area contributed by atoms with Gasteiger partial charge in [0, 0.05) is 6.67 Å². The Morgan fingerprint density at radius 1 is 0.312 bits per heavy atom. The van der Waals surface area contributed by atoms with E-state index in [1.165, 1.54) is 0 Å². The van der Waals surface area contributed by atoms with Gasteiger partial charge in [0.25, 0.3) is 0 Å². The average Bonchev–Trinajstić information content (AvgIpc) is 2.75. The van der Waals surface area contributed by atoms with Crippen LogP contribution in [0.1, 0.15) is 21.3 Å². The minimum absolute atomic E-state index is 0. The molecule has 0 atom stereocenters. The largest absolute Gasteiger partial charge is 0.312 e. The number of hydrogen-bond donors (Lipinski definition) is 0.